The maximum Gasteiger partial charge on any atom is 0.243 e. The van der Waals surface area contributed by atoms with Gasteiger partial charge in [-0.25, -0.2) is 0 Å². The van der Waals surface area contributed by atoms with Crippen LogP contribution in [-0.4, -0.2) is 30.6 Å². The zero-order valence-corrected chi connectivity index (χ0v) is 12.7. The third kappa shape index (κ3) is 5.35. The van der Waals surface area contributed by atoms with Crippen molar-refractivity contribution in [2.24, 2.45) is 0 Å². The van der Waals surface area contributed by atoms with E-state index in [1.54, 1.807) is 43.5 Å². The predicted molar refractivity (Wildman–Crippen MR) is 86.4 cm³/mol. The van der Waals surface area contributed by atoms with E-state index in [1.165, 1.54) is 12.1 Å². The molecule has 2 aromatic carbocycles. The monoisotopic (exact) mass is 314 g/mol. The van der Waals surface area contributed by atoms with E-state index in [2.05, 4.69) is 10.6 Å². The van der Waals surface area contributed by atoms with E-state index in [0.717, 1.165) is 5.56 Å². The standard InChI is InChI=1S/C17H18N2O4/c1-23-15-8-4-13(5-9-15)19-17(22)11-18-16(21)10-12-2-6-14(20)7-3-12/h2-9,20H,10-11H2,1H3,(H,18,21)(H,19,22). The molecule has 0 unspecified atom stereocenters. The molecule has 0 radical (unpaired) electrons. The molecule has 0 saturated heterocycles. The van der Waals surface area contributed by atoms with Crippen LogP contribution < -0.4 is 15.4 Å². The van der Waals surface area contributed by atoms with Gasteiger partial charge in [0.1, 0.15) is 11.5 Å². The number of methoxy groups -OCH3 is 1. The summed E-state index contributed by atoms with van der Waals surface area (Å²) in [6.07, 6.45) is 0.149. The number of nitrogens with one attached hydrogen (secondary N) is 2. The topological polar surface area (TPSA) is 87.7 Å². The largest absolute Gasteiger partial charge is 0.508 e. The molecule has 0 aliphatic carbocycles. The van der Waals surface area contributed by atoms with Gasteiger partial charge in [0.25, 0.3) is 0 Å². The Hall–Kier alpha value is -3.02. The Bertz CT molecular complexity index is 666. The number of ether oxygens (including phenoxy) is 1. The van der Waals surface area contributed by atoms with Crippen molar-refractivity contribution in [1.82, 2.24) is 5.32 Å². The fourth-order valence-corrected chi connectivity index (χ4v) is 1.92. The molecule has 0 atom stereocenters. The van der Waals surface area contributed by atoms with Gasteiger partial charge in [0.2, 0.25) is 11.8 Å². The summed E-state index contributed by atoms with van der Waals surface area (Å²) in [6.45, 7) is -0.108. The lowest BCUT2D eigenvalue weighted by molar-refractivity contribution is -0.123. The van der Waals surface area contributed by atoms with Crippen molar-refractivity contribution in [2.45, 2.75) is 6.42 Å². The van der Waals surface area contributed by atoms with Gasteiger partial charge >= 0.3 is 0 Å². The van der Waals surface area contributed by atoms with E-state index in [-0.39, 0.29) is 30.5 Å². The van der Waals surface area contributed by atoms with Gasteiger partial charge in [-0.05, 0) is 42.0 Å². The maximum atomic E-state index is 11.8. The predicted octanol–water partition coefficient (Wildman–Crippen LogP) is 1.70. The van der Waals surface area contributed by atoms with Crippen molar-refractivity contribution in [3.05, 3.63) is 54.1 Å². The van der Waals surface area contributed by atoms with Crippen LogP contribution in [0.3, 0.4) is 0 Å². The number of carbonyl (C=O) groups is 2. The van der Waals surface area contributed by atoms with E-state index in [0.29, 0.717) is 11.4 Å². The first-order valence-corrected chi connectivity index (χ1v) is 7.05. The van der Waals surface area contributed by atoms with Gasteiger partial charge in [0, 0.05) is 5.69 Å². The molecule has 0 saturated carbocycles. The molecular formula is C17H18N2O4. The summed E-state index contributed by atoms with van der Waals surface area (Å²) in [6, 6.07) is 13.2. The van der Waals surface area contributed by atoms with Crippen LogP contribution in [0.4, 0.5) is 5.69 Å². The van der Waals surface area contributed by atoms with Gasteiger partial charge in [-0.2, -0.15) is 0 Å². The van der Waals surface area contributed by atoms with Gasteiger partial charge in [-0.15, -0.1) is 0 Å². The minimum absolute atomic E-state index is 0.108. The lowest BCUT2D eigenvalue weighted by Gasteiger charge is -2.08. The van der Waals surface area contributed by atoms with Gasteiger partial charge < -0.3 is 20.5 Å². The Morgan fingerprint density at radius 1 is 1.00 bits per heavy atom. The molecule has 0 aromatic heterocycles. The van der Waals surface area contributed by atoms with Crippen LogP contribution in [0.25, 0.3) is 0 Å². The van der Waals surface area contributed by atoms with Crippen molar-refractivity contribution in [1.29, 1.82) is 0 Å². The minimum atomic E-state index is -0.311. The first-order valence-electron chi connectivity index (χ1n) is 7.05. The number of rotatable bonds is 6. The lowest BCUT2D eigenvalue weighted by atomic mass is 10.1. The summed E-state index contributed by atoms with van der Waals surface area (Å²) in [5.74, 6) is 0.271. The van der Waals surface area contributed by atoms with Crippen molar-refractivity contribution in [2.75, 3.05) is 19.0 Å². The van der Waals surface area contributed by atoms with Crippen molar-refractivity contribution < 1.29 is 19.4 Å². The number of carbonyl (C=O) groups excluding carboxylic acids is 2. The van der Waals surface area contributed by atoms with Crippen LogP contribution in [0.1, 0.15) is 5.56 Å². The Morgan fingerprint density at radius 3 is 2.26 bits per heavy atom. The van der Waals surface area contributed by atoms with Gasteiger partial charge in [-0.3, -0.25) is 9.59 Å². The molecule has 2 amide bonds. The normalized spacial score (nSPS) is 9.96. The van der Waals surface area contributed by atoms with Gasteiger partial charge in [-0.1, -0.05) is 12.1 Å². The van der Waals surface area contributed by atoms with Crippen LogP contribution in [-0.2, 0) is 16.0 Å². The molecule has 0 aliphatic rings. The average Bonchev–Trinajstić information content (AvgIpc) is 2.56. The third-order valence-electron chi connectivity index (χ3n) is 3.12. The molecule has 3 N–H and O–H groups in total. The molecule has 0 spiro atoms. The molecule has 0 aliphatic heterocycles. The third-order valence-corrected chi connectivity index (χ3v) is 3.12. The second-order valence-corrected chi connectivity index (χ2v) is 4.90. The second kappa shape index (κ2) is 7.84. The SMILES string of the molecule is COc1ccc(NC(=O)CNC(=O)Cc2ccc(O)cc2)cc1. The molecule has 120 valence electrons. The van der Waals surface area contributed by atoms with E-state index in [9.17, 15) is 14.7 Å². The molecule has 0 heterocycles. The summed E-state index contributed by atoms with van der Waals surface area (Å²) in [5.41, 5.74) is 1.39. The Labute approximate surface area is 134 Å². The summed E-state index contributed by atoms with van der Waals surface area (Å²) in [4.78, 5) is 23.5. The van der Waals surface area contributed by atoms with E-state index >= 15 is 0 Å². The number of anilines is 1. The Kier molecular flexibility index (Phi) is 5.57. The fourth-order valence-electron chi connectivity index (χ4n) is 1.92. The Morgan fingerprint density at radius 2 is 1.65 bits per heavy atom. The van der Waals surface area contributed by atoms with Crippen LogP contribution >= 0.6 is 0 Å². The maximum absolute atomic E-state index is 11.8. The highest BCUT2D eigenvalue weighted by atomic mass is 16.5. The van der Waals surface area contributed by atoms with Gasteiger partial charge in [0.15, 0.2) is 0 Å². The number of amides is 2. The minimum Gasteiger partial charge on any atom is -0.508 e. The molecule has 23 heavy (non-hydrogen) atoms. The quantitative estimate of drug-likeness (QED) is 0.757. The highest BCUT2D eigenvalue weighted by molar-refractivity contribution is 5.94. The van der Waals surface area contributed by atoms with Crippen LogP contribution in [0, 0.1) is 0 Å². The highest BCUT2D eigenvalue weighted by Gasteiger charge is 2.07. The summed E-state index contributed by atoms with van der Waals surface area (Å²) < 4.78 is 5.03. The first kappa shape index (κ1) is 16.4. The van der Waals surface area contributed by atoms with Crippen molar-refractivity contribution >= 4 is 17.5 Å². The number of aromatic hydroxyl groups is 1. The fraction of sp³-hybridized carbons (Fsp3) is 0.176. The van der Waals surface area contributed by atoms with E-state index in [1.807, 2.05) is 0 Å². The number of hydrogen-bond donors (Lipinski definition) is 3. The van der Waals surface area contributed by atoms with Crippen LogP contribution in [0.5, 0.6) is 11.5 Å². The van der Waals surface area contributed by atoms with Crippen LogP contribution in [0.2, 0.25) is 0 Å². The molecule has 0 bridgehead atoms. The van der Waals surface area contributed by atoms with Crippen LogP contribution in [0.15, 0.2) is 48.5 Å². The lowest BCUT2D eigenvalue weighted by Crippen LogP contribution is -2.33. The number of phenols is 1. The molecule has 2 aromatic rings. The Balaban J connectivity index is 1.76. The molecule has 6 heteroatoms. The van der Waals surface area contributed by atoms with Crippen molar-refractivity contribution in [3.8, 4) is 11.5 Å². The summed E-state index contributed by atoms with van der Waals surface area (Å²) in [5, 5.41) is 14.4. The van der Waals surface area contributed by atoms with Gasteiger partial charge in [0.05, 0.1) is 20.1 Å². The van der Waals surface area contributed by atoms with E-state index < -0.39 is 0 Å². The molecule has 0 fully saturated rings. The second-order valence-electron chi connectivity index (χ2n) is 4.90. The first-order chi connectivity index (χ1) is 11.1. The zero-order valence-electron chi connectivity index (χ0n) is 12.7. The number of hydrogen-bond acceptors (Lipinski definition) is 4. The number of benzene rings is 2. The summed E-state index contributed by atoms with van der Waals surface area (Å²) in [7, 11) is 1.57. The van der Waals surface area contributed by atoms with Crippen molar-refractivity contribution in [3.63, 3.8) is 0 Å². The van der Waals surface area contributed by atoms with E-state index in [4.69, 9.17) is 4.74 Å². The highest BCUT2D eigenvalue weighted by Crippen LogP contribution is 2.14. The molecule has 2 rings (SSSR count). The smallest absolute Gasteiger partial charge is 0.243 e. The number of phenolic OH excluding ortho intramolecular Hbond substituents is 1. The zero-order chi connectivity index (χ0) is 16.7. The molecule has 6 nitrogen and oxygen atoms in total. The summed E-state index contributed by atoms with van der Waals surface area (Å²) >= 11 is 0. The molecular weight excluding hydrogens is 296 g/mol. The average molecular weight is 314 g/mol.